The standard InChI is InChI=1S/C13H18N2O5/c16-7-6-15(8-10-4-2-1-3-5-10)13(20)14-11(9-17)12(18)19/h1-5,11,16-17H,6-9H2,(H,14,20)(H,18,19)/t11-/m1/s1. The molecular weight excluding hydrogens is 264 g/mol. The predicted octanol–water partition coefficient (Wildman–Crippen LogP) is -0.364. The molecule has 0 bridgehead atoms. The quantitative estimate of drug-likeness (QED) is 0.546. The molecule has 2 amide bonds. The van der Waals surface area contributed by atoms with Gasteiger partial charge in [0, 0.05) is 13.1 Å². The van der Waals surface area contributed by atoms with Crippen molar-refractivity contribution in [2.75, 3.05) is 19.8 Å². The van der Waals surface area contributed by atoms with E-state index in [2.05, 4.69) is 5.32 Å². The number of carboxylic acid groups (broad SMARTS) is 1. The highest BCUT2D eigenvalue weighted by molar-refractivity contribution is 5.82. The minimum absolute atomic E-state index is 0.0680. The molecular formula is C13H18N2O5. The number of benzene rings is 1. The van der Waals surface area contributed by atoms with Gasteiger partial charge in [-0.3, -0.25) is 0 Å². The maximum Gasteiger partial charge on any atom is 0.328 e. The lowest BCUT2D eigenvalue weighted by Crippen LogP contribution is -2.49. The van der Waals surface area contributed by atoms with E-state index >= 15 is 0 Å². The van der Waals surface area contributed by atoms with Gasteiger partial charge in [0.05, 0.1) is 13.2 Å². The Morgan fingerprint density at radius 1 is 1.20 bits per heavy atom. The Labute approximate surface area is 116 Å². The zero-order valence-electron chi connectivity index (χ0n) is 10.9. The molecule has 0 spiro atoms. The van der Waals surface area contributed by atoms with Crippen LogP contribution in [0.1, 0.15) is 5.56 Å². The number of hydrogen-bond acceptors (Lipinski definition) is 4. The van der Waals surface area contributed by atoms with Crippen LogP contribution >= 0.6 is 0 Å². The maximum atomic E-state index is 11.9. The normalized spacial score (nSPS) is 11.7. The van der Waals surface area contributed by atoms with Crippen LogP contribution in [-0.2, 0) is 11.3 Å². The van der Waals surface area contributed by atoms with E-state index in [4.69, 9.17) is 15.3 Å². The van der Waals surface area contributed by atoms with Crippen molar-refractivity contribution in [3.8, 4) is 0 Å². The molecule has 7 heteroatoms. The van der Waals surface area contributed by atoms with Crippen molar-refractivity contribution in [3.63, 3.8) is 0 Å². The third-order valence-corrected chi connectivity index (χ3v) is 2.65. The number of aliphatic hydroxyl groups is 2. The third-order valence-electron chi connectivity index (χ3n) is 2.65. The first kappa shape index (κ1) is 15.9. The van der Waals surface area contributed by atoms with Gasteiger partial charge < -0.3 is 25.5 Å². The van der Waals surface area contributed by atoms with Gasteiger partial charge in [-0.25, -0.2) is 9.59 Å². The first-order chi connectivity index (χ1) is 9.58. The molecule has 20 heavy (non-hydrogen) atoms. The fourth-order valence-corrected chi connectivity index (χ4v) is 1.60. The lowest BCUT2D eigenvalue weighted by atomic mass is 10.2. The second kappa shape index (κ2) is 8.13. The number of carbonyl (C=O) groups is 2. The van der Waals surface area contributed by atoms with Crippen molar-refractivity contribution in [1.82, 2.24) is 10.2 Å². The first-order valence-corrected chi connectivity index (χ1v) is 6.12. The molecule has 0 aliphatic rings. The molecule has 7 nitrogen and oxygen atoms in total. The monoisotopic (exact) mass is 282 g/mol. The molecule has 0 saturated heterocycles. The van der Waals surface area contributed by atoms with Crippen LogP contribution in [0, 0.1) is 0 Å². The summed E-state index contributed by atoms with van der Waals surface area (Å²) in [7, 11) is 0. The van der Waals surface area contributed by atoms with Crippen molar-refractivity contribution in [2.24, 2.45) is 0 Å². The van der Waals surface area contributed by atoms with E-state index in [-0.39, 0.29) is 19.7 Å². The van der Waals surface area contributed by atoms with Gasteiger partial charge in [-0.1, -0.05) is 30.3 Å². The van der Waals surface area contributed by atoms with E-state index in [1.807, 2.05) is 30.3 Å². The lowest BCUT2D eigenvalue weighted by Gasteiger charge is -2.24. The van der Waals surface area contributed by atoms with Crippen LogP contribution in [0.4, 0.5) is 4.79 Å². The number of hydrogen-bond donors (Lipinski definition) is 4. The molecule has 1 atom stereocenters. The van der Waals surface area contributed by atoms with Gasteiger partial charge in [0.15, 0.2) is 6.04 Å². The van der Waals surface area contributed by atoms with Gasteiger partial charge >= 0.3 is 12.0 Å². The topological polar surface area (TPSA) is 110 Å². The zero-order valence-corrected chi connectivity index (χ0v) is 10.9. The molecule has 0 unspecified atom stereocenters. The average molecular weight is 282 g/mol. The number of nitrogens with zero attached hydrogens (tertiary/aromatic N) is 1. The minimum Gasteiger partial charge on any atom is -0.480 e. The number of rotatable bonds is 7. The van der Waals surface area contributed by atoms with Crippen molar-refractivity contribution in [2.45, 2.75) is 12.6 Å². The summed E-state index contributed by atoms with van der Waals surface area (Å²) in [4.78, 5) is 24.0. The van der Waals surface area contributed by atoms with Crippen LogP contribution < -0.4 is 5.32 Å². The Hall–Kier alpha value is -2.12. The molecule has 0 aromatic heterocycles. The number of amides is 2. The van der Waals surface area contributed by atoms with Crippen molar-refractivity contribution < 1.29 is 24.9 Å². The fourth-order valence-electron chi connectivity index (χ4n) is 1.60. The Kier molecular flexibility index (Phi) is 6.48. The molecule has 0 saturated carbocycles. The summed E-state index contributed by atoms with van der Waals surface area (Å²) in [5.41, 5.74) is 0.854. The van der Waals surface area contributed by atoms with Crippen molar-refractivity contribution in [3.05, 3.63) is 35.9 Å². The van der Waals surface area contributed by atoms with Crippen molar-refractivity contribution in [1.29, 1.82) is 0 Å². The van der Waals surface area contributed by atoms with Crippen LogP contribution in [0.3, 0.4) is 0 Å². The van der Waals surface area contributed by atoms with Crippen LogP contribution in [0.25, 0.3) is 0 Å². The highest BCUT2D eigenvalue weighted by atomic mass is 16.4. The molecule has 0 aliphatic carbocycles. The Morgan fingerprint density at radius 2 is 1.85 bits per heavy atom. The minimum atomic E-state index is -1.36. The average Bonchev–Trinajstić information content (AvgIpc) is 2.44. The predicted molar refractivity (Wildman–Crippen MR) is 71.0 cm³/mol. The Balaban J connectivity index is 2.69. The summed E-state index contributed by atoms with van der Waals surface area (Å²) in [5.74, 6) is -1.32. The molecule has 110 valence electrons. The summed E-state index contributed by atoms with van der Waals surface area (Å²) < 4.78 is 0. The molecule has 0 heterocycles. The van der Waals surface area contributed by atoms with E-state index in [0.29, 0.717) is 0 Å². The summed E-state index contributed by atoms with van der Waals surface area (Å²) in [6.45, 7) is -0.625. The molecule has 1 aromatic carbocycles. The summed E-state index contributed by atoms with van der Waals surface area (Å²) in [6, 6.07) is 7.10. The highest BCUT2D eigenvalue weighted by Gasteiger charge is 2.22. The number of aliphatic hydroxyl groups excluding tert-OH is 2. The van der Waals surface area contributed by atoms with E-state index in [1.165, 1.54) is 4.90 Å². The van der Waals surface area contributed by atoms with Crippen molar-refractivity contribution >= 4 is 12.0 Å². The first-order valence-electron chi connectivity index (χ1n) is 6.12. The van der Waals surface area contributed by atoms with Gasteiger partial charge in [-0.05, 0) is 5.56 Å². The van der Waals surface area contributed by atoms with Gasteiger partial charge in [-0.15, -0.1) is 0 Å². The van der Waals surface area contributed by atoms with Gasteiger partial charge in [-0.2, -0.15) is 0 Å². The number of aliphatic carboxylic acids is 1. The molecule has 0 aliphatic heterocycles. The number of nitrogens with one attached hydrogen (secondary N) is 1. The number of urea groups is 1. The highest BCUT2D eigenvalue weighted by Crippen LogP contribution is 2.04. The van der Waals surface area contributed by atoms with Gasteiger partial charge in [0.25, 0.3) is 0 Å². The Bertz CT molecular complexity index is 438. The second-order valence-electron chi connectivity index (χ2n) is 4.15. The SMILES string of the molecule is O=C(O)[C@@H](CO)NC(=O)N(CCO)Cc1ccccc1. The third kappa shape index (κ3) is 4.87. The summed E-state index contributed by atoms with van der Waals surface area (Å²) >= 11 is 0. The smallest absolute Gasteiger partial charge is 0.328 e. The van der Waals surface area contributed by atoms with Crippen LogP contribution in [0.5, 0.6) is 0 Å². The van der Waals surface area contributed by atoms with Crippen LogP contribution in [0.2, 0.25) is 0 Å². The number of carbonyl (C=O) groups excluding carboxylic acids is 1. The summed E-state index contributed by atoms with van der Waals surface area (Å²) in [5, 5.41) is 28.8. The largest absolute Gasteiger partial charge is 0.480 e. The zero-order chi connectivity index (χ0) is 15.0. The maximum absolute atomic E-state index is 11.9. The van der Waals surface area contributed by atoms with E-state index in [0.717, 1.165) is 5.56 Å². The van der Waals surface area contributed by atoms with Gasteiger partial charge in [0.2, 0.25) is 0 Å². The molecule has 1 aromatic rings. The van der Waals surface area contributed by atoms with Crippen LogP contribution in [0.15, 0.2) is 30.3 Å². The van der Waals surface area contributed by atoms with E-state index in [1.54, 1.807) is 0 Å². The molecule has 0 fully saturated rings. The molecule has 4 N–H and O–H groups in total. The summed E-state index contributed by atoms with van der Waals surface area (Å²) in [6.07, 6.45) is 0. The molecule has 1 rings (SSSR count). The second-order valence-corrected chi connectivity index (χ2v) is 4.15. The van der Waals surface area contributed by atoms with E-state index < -0.39 is 24.6 Å². The fraction of sp³-hybridized carbons (Fsp3) is 0.385. The van der Waals surface area contributed by atoms with Gasteiger partial charge in [0.1, 0.15) is 0 Å². The molecule has 0 radical (unpaired) electrons. The van der Waals surface area contributed by atoms with E-state index in [9.17, 15) is 9.59 Å². The Morgan fingerprint density at radius 3 is 2.35 bits per heavy atom. The van der Waals surface area contributed by atoms with Crippen LogP contribution in [-0.4, -0.2) is 58.0 Å². The number of carboxylic acids is 1. The lowest BCUT2D eigenvalue weighted by molar-refractivity contribution is -0.140.